The molecule has 7 atom stereocenters. The van der Waals surface area contributed by atoms with E-state index in [1.54, 1.807) is 50.4 Å². The van der Waals surface area contributed by atoms with Gasteiger partial charge in [-0.3, -0.25) is 14.4 Å². The molecule has 6 rings (SSSR count). The SMILES string of the molecule is CCC(C)(O)C(=O)NC1CCCN1C(=O)C1C(c2ccccc2)C2(c3ccc(OC)cc3)Oc3cc(OC)cc(OC)c3C1(O)C2OC(C)=O. The topological polar surface area (TPSA) is 153 Å². The molecule has 2 fully saturated rings. The average molecular weight is 689 g/mol. The molecule has 2 aliphatic heterocycles. The molecule has 50 heavy (non-hydrogen) atoms. The highest BCUT2D eigenvalue weighted by Crippen LogP contribution is 2.69. The summed E-state index contributed by atoms with van der Waals surface area (Å²) in [5.41, 5.74) is -4.28. The van der Waals surface area contributed by atoms with Gasteiger partial charge >= 0.3 is 5.97 Å². The fourth-order valence-corrected chi connectivity index (χ4v) is 7.90. The maximum atomic E-state index is 15.4. The first-order chi connectivity index (χ1) is 23.9. The number of nitrogens with zero attached hydrogens (tertiary/aromatic N) is 1. The van der Waals surface area contributed by atoms with Gasteiger partial charge in [-0.1, -0.05) is 49.4 Å². The maximum absolute atomic E-state index is 15.4. The molecule has 1 saturated carbocycles. The zero-order valence-corrected chi connectivity index (χ0v) is 29.1. The standard InChI is InChI=1S/C38H44N2O10/c1-7-36(3,44)35(43)39-29-14-11-19-40(29)33(42)32-30(23-12-9-8-10-13-23)38(24-15-17-25(46-4)18-16-24)34(49-22(2)41)37(32,45)31-27(48-6)20-26(47-5)21-28(31)50-38/h8-10,12-13,15-18,20-21,29-30,32,34,44-45H,7,11,14,19H2,1-6H3,(H,39,43). The van der Waals surface area contributed by atoms with Crippen LogP contribution < -0.4 is 24.3 Å². The Bertz CT molecular complexity index is 1760. The lowest BCUT2D eigenvalue weighted by Crippen LogP contribution is -2.58. The summed E-state index contributed by atoms with van der Waals surface area (Å²) in [5.74, 6) is -2.82. The number of likely N-dealkylation sites (tertiary alicyclic amines) is 1. The second-order valence-corrected chi connectivity index (χ2v) is 13.3. The molecule has 7 unspecified atom stereocenters. The Labute approximate surface area is 291 Å². The average Bonchev–Trinajstić information content (AvgIpc) is 3.63. The predicted molar refractivity (Wildman–Crippen MR) is 181 cm³/mol. The molecule has 12 heteroatoms. The second kappa shape index (κ2) is 13.1. The first-order valence-electron chi connectivity index (χ1n) is 16.8. The molecule has 2 amide bonds. The lowest BCUT2D eigenvalue weighted by Gasteiger charge is -2.46. The number of fused-ring (bicyclic) bond motifs is 4. The van der Waals surface area contributed by atoms with Crippen molar-refractivity contribution >= 4 is 17.8 Å². The van der Waals surface area contributed by atoms with Crippen molar-refractivity contribution in [2.75, 3.05) is 27.9 Å². The normalized spacial score (nSPS) is 27.7. The van der Waals surface area contributed by atoms with Crippen LogP contribution in [0.25, 0.3) is 0 Å². The number of amides is 2. The van der Waals surface area contributed by atoms with Gasteiger partial charge in [0, 0.05) is 37.1 Å². The van der Waals surface area contributed by atoms with Gasteiger partial charge in [0.1, 0.15) is 34.8 Å². The van der Waals surface area contributed by atoms with Crippen LogP contribution in [0.2, 0.25) is 0 Å². The fourth-order valence-electron chi connectivity index (χ4n) is 7.90. The molecule has 0 aromatic heterocycles. The van der Waals surface area contributed by atoms with E-state index in [2.05, 4.69) is 5.32 Å². The number of nitrogens with one attached hydrogen (secondary N) is 1. The molecule has 3 N–H and O–H groups in total. The highest BCUT2D eigenvalue weighted by molar-refractivity contribution is 5.88. The van der Waals surface area contributed by atoms with Gasteiger partial charge in [-0.15, -0.1) is 0 Å². The van der Waals surface area contributed by atoms with E-state index in [1.807, 2.05) is 30.3 Å². The van der Waals surface area contributed by atoms with Crippen LogP contribution in [0.4, 0.5) is 0 Å². The lowest BCUT2D eigenvalue weighted by molar-refractivity contribution is -0.196. The molecule has 0 radical (unpaired) electrons. The van der Waals surface area contributed by atoms with Crippen LogP contribution in [0.1, 0.15) is 62.6 Å². The number of carbonyl (C=O) groups excluding carboxylic acids is 3. The largest absolute Gasteiger partial charge is 0.497 e. The molecule has 2 bridgehead atoms. The summed E-state index contributed by atoms with van der Waals surface area (Å²) >= 11 is 0. The van der Waals surface area contributed by atoms with Crippen molar-refractivity contribution in [3.05, 3.63) is 83.4 Å². The van der Waals surface area contributed by atoms with Crippen LogP contribution in [0.3, 0.4) is 0 Å². The zero-order valence-electron chi connectivity index (χ0n) is 29.1. The molecule has 3 aromatic rings. The Morgan fingerprint density at radius 1 is 1.00 bits per heavy atom. The van der Waals surface area contributed by atoms with Crippen LogP contribution in [0, 0.1) is 5.92 Å². The Morgan fingerprint density at radius 2 is 1.68 bits per heavy atom. The van der Waals surface area contributed by atoms with Gasteiger partial charge in [0.25, 0.3) is 5.91 Å². The molecule has 12 nitrogen and oxygen atoms in total. The summed E-state index contributed by atoms with van der Waals surface area (Å²) in [5, 5.41) is 27.1. The van der Waals surface area contributed by atoms with E-state index in [4.69, 9.17) is 23.7 Å². The third kappa shape index (κ3) is 5.41. The van der Waals surface area contributed by atoms with E-state index in [0.29, 0.717) is 35.5 Å². The number of esters is 1. The second-order valence-electron chi connectivity index (χ2n) is 13.3. The van der Waals surface area contributed by atoms with Crippen LogP contribution in [0.5, 0.6) is 23.0 Å². The quantitative estimate of drug-likeness (QED) is 0.269. The van der Waals surface area contributed by atoms with Gasteiger partial charge < -0.3 is 44.1 Å². The van der Waals surface area contributed by atoms with Gasteiger partial charge in [-0.25, -0.2) is 0 Å². The number of carbonyl (C=O) groups is 3. The van der Waals surface area contributed by atoms with Crippen LogP contribution in [-0.2, 0) is 30.3 Å². The van der Waals surface area contributed by atoms with Gasteiger partial charge in [0.15, 0.2) is 17.3 Å². The van der Waals surface area contributed by atoms with Crippen molar-refractivity contribution in [1.82, 2.24) is 10.2 Å². The number of hydrogen-bond acceptors (Lipinski definition) is 10. The summed E-state index contributed by atoms with van der Waals surface area (Å²) in [7, 11) is 4.46. The summed E-state index contributed by atoms with van der Waals surface area (Å²) in [6.07, 6.45) is -1.06. The number of aliphatic hydroxyl groups is 2. The molecule has 1 saturated heterocycles. The minimum atomic E-state index is -2.24. The van der Waals surface area contributed by atoms with E-state index < -0.39 is 58.7 Å². The van der Waals surface area contributed by atoms with Gasteiger partial charge in [-0.05, 0) is 43.9 Å². The molecule has 3 aromatic carbocycles. The summed E-state index contributed by atoms with van der Waals surface area (Å²) in [6, 6.07) is 19.4. The Morgan fingerprint density at radius 3 is 2.28 bits per heavy atom. The van der Waals surface area contributed by atoms with E-state index in [9.17, 15) is 19.8 Å². The van der Waals surface area contributed by atoms with E-state index in [1.165, 1.54) is 33.0 Å². The fraction of sp³-hybridized carbons (Fsp3) is 0.447. The molecule has 2 heterocycles. The first kappa shape index (κ1) is 35.0. The van der Waals surface area contributed by atoms with E-state index >= 15 is 4.79 Å². The van der Waals surface area contributed by atoms with Gasteiger partial charge in [0.05, 0.1) is 32.8 Å². The van der Waals surface area contributed by atoms with Gasteiger partial charge in [0.2, 0.25) is 5.91 Å². The van der Waals surface area contributed by atoms with Crippen molar-refractivity contribution < 1.29 is 48.3 Å². The predicted octanol–water partition coefficient (Wildman–Crippen LogP) is 3.76. The van der Waals surface area contributed by atoms with Crippen LogP contribution >= 0.6 is 0 Å². The highest BCUT2D eigenvalue weighted by atomic mass is 16.6. The molecule has 266 valence electrons. The van der Waals surface area contributed by atoms with E-state index in [0.717, 1.165) is 0 Å². The summed E-state index contributed by atoms with van der Waals surface area (Å²) in [4.78, 5) is 43.2. The van der Waals surface area contributed by atoms with Crippen molar-refractivity contribution in [3.8, 4) is 23.0 Å². The number of hydrogen-bond donors (Lipinski definition) is 3. The van der Waals surface area contributed by atoms with Crippen molar-refractivity contribution in [2.24, 2.45) is 5.92 Å². The molecule has 0 spiro atoms. The Kier molecular flexibility index (Phi) is 9.21. The number of benzene rings is 3. The van der Waals surface area contributed by atoms with Crippen molar-refractivity contribution in [2.45, 2.75) is 75.0 Å². The highest BCUT2D eigenvalue weighted by Gasteiger charge is 2.78. The number of methoxy groups -OCH3 is 3. The monoisotopic (exact) mass is 688 g/mol. The smallest absolute Gasteiger partial charge is 0.303 e. The minimum absolute atomic E-state index is 0.127. The van der Waals surface area contributed by atoms with E-state index in [-0.39, 0.29) is 30.0 Å². The summed E-state index contributed by atoms with van der Waals surface area (Å²) in [6.45, 7) is 4.64. The van der Waals surface area contributed by atoms with Crippen LogP contribution in [0.15, 0.2) is 66.7 Å². The first-order valence-corrected chi connectivity index (χ1v) is 16.8. The third-order valence-electron chi connectivity index (χ3n) is 10.5. The van der Waals surface area contributed by atoms with Crippen molar-refractivity contribution in [3.63, 3.8) is 0 Å². The molecule has 1 aliphatic carbocycles. The summed E-state index contributed by atoms with van der Waals surface area (Å²) < 4.78 is 30.1. The van der Waals surface area contributed by atoms with Gasteiger partial charge in [-0.2, -0.15) is 0 Å². The maximum Gasteiger partial charge on any atom is 0.303 e. The zero-order chi connectivity index (χ0) is 36.0. The lowest BCUT2D eigenvalue weighted by atomic mass is 9.75. The molecule has 3 aliphatic rings. The minimum Gasteiger partial charge on any atom is -0.497 e. The van der Waals surface area contributed by atoms with Crippen LogP contribution in [-0.4, -0.2) is 78.6 Å². The third-order valence-corrected chi connectivity index (χ3v) is 10.5. The number of rotatable bonds is 10. The number of ether oxygens (including phenoxy) is 5. The Balaban J connectivity index is 1.65. The molecular weight excluding hydrogens is 644 g/mol. The van der Waals surface area contributed by atoms with Crippen molar-refractivity contribution in [1.29, 1.82) is 0 Å². The Hall–Kier alpha value is -4.81. The molecular formula is C38H44N2O10.